The van der Waals surface area contributed by atoms with E-state index in [-0.39, 0.29) is 0 Å². The summed E-state index contributed by atoms with van der Waals surface area (Å²) in [5, 5.41) is 0.417. The van der Waals surface area contributed by atoms with Crippen molar-refractivity contribution < 1.29 is 9.47 Å². The highest BCUT2D eigenvalue weighted by molar-refractivity contribution is 6.29. The van der Waals surface area contributed by atoms with Crippen LogP contribution in [-0.4, -0.2) is 17.1 Å². The largest absolute Gasteiger partial charge is 0.497 e. The molecule has 1 fully saturated rings. The smallest absolute Gasteiger partial charge is 0.224 e. The molecule has 98 valence electrons. The molecule has 0 aliphatic heterocycles. The Kier molecular flexibility index (Phi) is 3.25. The van der Waals surface area contributed by atoms with E-state index in [0.29, 0.717) is 22.7 Å². The molecule has 0 bridgehead atoms. The van der Waals surface area contributed by atoms with Gasteiger partial charge in [0.25, 0.3) is 0 Å². The summed E-state index contributed by atoms with van der Waals surface area (Å²) >= 11 is 5.98. The normalized spacial score (nSPS) is 14.2. The van der Waals surface area contributed by atoms with Crippen molar-refractivity contribution in [1.29, 1.82) is 0 Å². The first-order valence-corrected chi connectivity index (χ1v) is 6.49. The van der Waals surface area contributed by atoms with E-state index in [0.717, 1.165) is 24.4 Å². The fourth-order valence-corrected chi connectivity index (χ4v) is 1.93. The zero-order valence-electron chi connectivity index (χ0n) is 10.5. The molecule has 0 unspecified atom stereocenters. The van der Waals surface area contributed by atoms with Crippen molar-refractivity contribution in [3.63, 3.8) is 0 Å². The molecule has 1 aliphatic carbocycles. The van der Waals surface area contributed by atoms with Crippen LogP contribution in [0.1, 0.15) is 24.6 Å². The third-order valence-corrected chi connectivity index (χ3v) is 3.11. The lowest BCUT2D eigenvalue weighted by Crippen LogP contribution is -1.96. The molecule has 0 amide bonds. The van der Waals surface area contributed by atoms with Gasteiger partial charge in [-0.1, -0.05) is 11.6 Å². The molecule has 0 atom stereocenters. The minimum Gasteiger partial charge on any atom is -0.497 e. The van der Waals surface area contributed by atoms with Crippen molar-refractivity contribution in [1.82, 2.24) is 9.97 Å². The number of methoxy groups -OCH3 is 1. The van der Waals surface area contributed by atoms with Crippen molar-refractivity contribution in [3.8, 4) is 17.4 Å². The Morgan fingerprint density at radius 2 is 1.79 bits per heavy atom. The van der Waals surface area contributed by atoms with Crippen LogP contribution in [0.2, 0.25) is 5.15 Å². The van der Waals surface area contributed by atoms with Gasteiger partial charge in [-0.25, -0.2) is 4.98 Å². The molecule has 1 heterocycles. The minimum atomic E-state index is 0.417. The Balaban J connectivity index is 1.81. The van der Waals surface area contributed by atoms with E-state index in [4.69, 9.17) is 21.1 Å². The Hall–Kier alpha value is -1.81. The van der Waals surface area contributed by atoms with Gasteiger partial charge in [-0.15, -0.1) is 0 Å². The summed E-state index contributed by atoms with van der Waals surface area (Å²) in [6, 6.07) is 8.94. The highest BCUT2D eigenvalue weighted by Gasteiger charge is 2.27. The van der Waals surface area contributed by atoms with E-state index in [1.165, 1.54) is 0 Å². The van der Waals surface area contributed by atoms with Crippen molar-refractivity contribution in [2.75, 3.05) is 7.11 Å². The molecule has 0 saturated heterocycles. The number of rotatable bonds is 4. The second-order valence-corrected chi connectivity index (χ2v) is 4.83. The summed E-state index contributed by atoms with van der Waals surface area (Å²) in [5.41, 5.74) is 0. The van der Waals surface area contributed by atoms with E-state index in [9.17, 15) is 0 Å². The topological polar surface area (TPSA) is 44.2 Å². The predicted octanol–water partition coefficient (Wildman–Crippen LogP) is 3.81. The fraction of sp³-hybridized carbons (Fsp3) is 0.286. The number of hydrogen-bond donors (Lipinski definition) is 0. The van der Waals surface area contributed by atoms with Gasteiger partial charge >= 0.3 is 0 Å². The lowest BCUT2D eigenvalue weighted by molar-refractivity contribution is 0.412. The second-order valence-electron chi connectivity index (χ2n) is 4.44. The summed E-state index contributed by atoms with van der Waals surface area (Å²) in [7, 11) is 1.63. The first-order chi connectivity index (χ1) is 9.24. The first kappa shape index (κ1) is 12.2. The third kappa shape index (κ3) is 2.96. The van der Waals surface area contributed by atoms with Crippen molar-refractivity contribution in [2.45, 2.75) is 18.8 Å². The molecule has 3 rings (SSSR count). The third-order valence-electron chi connectivity index (χ3n) is 2.91. The summed E-state index contributed by atoms with van der Waals surface area (Å²) < 4.78 is 10.8. The Morgan fingerprint density at radius 1 is 1.11 bits per heavy atom. The fourth-order valence-electron chi connectivity index (χ4n) is 1.75. The molecule has 1 aromatic heterocycles. The summed E-state index contributed by atoms with van der Waals surface area (Å²) in [6.45, 7) is 0. The van der Waals surface area contributed by atoms with Gasteiger partial charge in [0.2, 0.25) is 5.88 Å². The van der Waals surface area contributed by atoms with Crippen LogP contribution in [0.5, 0.6) is 17.4 Å². The van der Waals surface area contributed by atoms with Gasteiger partial charge in [0.15, 0.2) is 0 Å². The Morgan fingerprint density at radius 3 is 2.42 bits per heavy atom. The molecule has 0 radical (unpaired) electrons. The first-order valence-electron chi connectivity index (χ1n) is 6.11. The highest BCUT2D eigenvalue weighted by Crippen LogP contribution is 2.39. The van der Waals surface area contributed by atoms with Crippen LogP contribution in [0.15, 0.2) is 30.3 Å². The lowest BCUT2D eigenvalue weighted by Gasteiger charge is -2.07. The van der Waals surface area contributed by atoms with Crippen LogP contribution < -0.4 is 9.47 Å². The van der Waals surface area contributed by atoms with Crippen LogP contribution in [-0.2, 0) is 0 Å². The summed E-state index contributed by atoms with van der Waals surface area (Å²) in [5.74, 6) is 3.17. The van der Waals surface area contributed by atoms with Crippen molar-refractivity contribution >= 4 is 11.6 Å². The van der Waals surface area contributed by atoms with Gasteiger partial charge in [0.1, 0.15) is 22.5 Å². The standard InChI is InChI=1S/C14H13ClN2O2/c1-18-10-4-6-11(7-5-10)19-13-8-12(15)16-14(17-13)9-2-3-9/h4-9H,2-3H2,1H3. The predicted molar refractivity (Wildman–Crippen MR) is 72.1 cm³/mol. The van der Waals surface area contributed by atoms with E-state index in [1.807, 2.05) is 24.3 Å². The van der Waals surface area contributed by atoms with Gasteiger partial charge in [0.05, 0.1) is 7.11 Å². The van der Waals surface area contributed by atoms with E-state index in [2.05, 4.69) is 9.97 Å². The van der Waals surface area contributed by atoms with Gasteiger partial charge in [0, 0.05) is 12.0 Å². The molecule has 1 aliphatic rings. The number of hydrogen-bond acceptors (Lipinski definition) is 4. The van der Waals surface area contributed by atoms with Crippen LogP contribution in [0.3, 0.4) is 0 Å². The number of halogens is 1. The number of aromatic nitrogens is 2. The zero-order chi connectivity index (χ0) is 13.2. The average molecular weight is 277 g/mol. The number of benzene rings is 1. The average Bonchev–Trinajstić information content (AvgIpc) is 3.23. The Bertz CT molecular complexity index is 582. The molecule has 5 heteroatoms. The maximum absolute atomic E-state index is 5.98. The quantitative estimate of drug-likeness (QED) is 0.797. The number of nitrogens with zero attached hydrogens (tertiary/aromatic N) is 2. The van der Waals surface area contributed by atoms with E-state index in [1.54, 1.807) is 13.2 Å². The highest BCUT2D eigenvalue weighted by atomic mass is 35.5. The van der Waals surface area contributed by atoms with E-state index < -0.39 is 0 Å². The maximum atomic E-state index is 5.98. The molecule has 19 heavy (non-hydrogen) atoms. The molecule has 1 saturated carbocycles. The lowest BCUT2D eigenvalue weighted by atomic mass is 10.3. The van der Waals surface area contributed by atoms with Gasteiger partial charge < -0.3 is 9.47 Å². The van der Waals surface area contributed by atoms with Crippen molar-refractivity contribution in [2.24, 2.45) is 0 Å². The van der Waals surface area contributed by atoms with E-state index >= 15 is 0 Å². The molecular formula is C14H13ClN2O2. The number of ether oxygens (including phenoxy) is 2. The van der Waals surface area contributed by atoms with Gasteiger partial charge in [-0.3, -0.25) is 0 Å². The van der Waals surface area contributed by atoms with Gasteiger partial charge in [-0.2, -0.15) is 4.98 Å². The van der Waals surface area contributed by atoms with Crippen LogP contribution >= 0.6 is 11.6 Å². The molecular weight excluding hydrogens is 264 g/mol. The molecule has 0 spiro atoms. The van der Waals surface area contributed by atoms with Crippen molar-refractivity contribution in [3.05, 3.63) is 41.3 Å². The molecule has 2 aromatic rings. The van der Waals surface area contributed by atoms with Crippen LogP contribution in [0.4, 0.5) is 0 Å². The Labute approximate surface area is 116 Å². The monoisotopic (exact) mass is 276 g/mol. The zero-order valence-corrected chi connectivity index (χ0v) is 11.2. The van der Waals surface area contributed by atoms with Crippen LogP contribution in [0, 0.1) is 0 Å². The minimum absolute atomic E-state index is 0.417. The summed E-state index contributed by atoms with van der Waals surface area (Å²) in [4.78, 5) is 8.60. The van der Waals surface area contributed by atoms with Crippen LogP contribution in [0.25, 0.3) is 0 Å². The molecule has 4 nitrogen and oxygen atoms in total. The maximum Gasteiger partial charge on any atom is 0.224 e. The molecule has 1 aromatic carbocycles. The van der Waals surface area contributed by atoms with Gasteiger partial charge in [-0.05, 0) is 37.1 Å². The molecule has 0 N–H and O–H groups in total. The second kappa shape index (κ2) is 5.05. The SMILES string of the molecule is COc1ccc(Oc2cc(Cl)nc(C3CC3)n2)cc1. The summed E-state index contributed by atoms with van der Waals surface area (Å²) in [6.07, 6.45) is 2.25.